The normalized spacial score (nSPS) is 17.6. The number of aryl methyl sites for hydroxylation is 3. The smallest absolute Gasteiger partial charge is 0.264 e. The second-order valence-corrected chi connectivity index (χ2v) is 8.99. The number of carbonyl (C=O) groups excluding carboxylic acids is 2. The van der Waals surface area contributed by atoms with Crippen LogP contribution in [0.25, 0.3) is 0 Å². The van der Waals surface area contributed by atoms with E-state index in [-0.39, 0.29) is 12.2 Å². The third-order valence-corrected chi connectivity index (χ3v) is 6.76. The number of para-hydroxylation sites is 1. The van der Waals surface area contributed by atoms with E-state index in [1.54, 1.807) is 17.0 Å². The highest BCUT2D eigenvalue weighted by atomic mass is 16.3. The Kier molecular flexibility index (Phi) is 5.51. The van der Waals surface area contributed by atoms with E-state index in [4.69, 9.17) is 0 Å². The summed E-state index contributed by atoms with van der Waals surface area (Å²) in [6.07, 6.45) is -0.280. The third kappa shape index (κ3) is 3.55. The molecule has 3 aromatic carbocycles. The number of amides is 1. The molecule has 3 aromatic rings. The zero-order chi connectivity index (χ0) is 23.2. The fourth-order valence-electron chi connectivity index (χ4n) is 4.67. The average Bonchev–Trinajstić information content (AvgIpc) is 2.96. The molecule has 0 saturated heterocycles. The van der Waals surface area contributed by atoms with E-state index in [9.17, 15) is 14.7 Å². The summed E-state index contributed by atoms with van der Waals surface area (Å²) < 4.78 is 0. The molecule has 0 aromatic heterocycles. The van der Waals surface area contributed by atoms with Gasteiger partial charge in [-0.3, -0.25) is 9.59 Å². The van der Waals surface area contributed by atoms with Crippen molar-refractivity contribution in [3.8, 4) is 0 Å². The first-order chi connectivity index (χ1) is 15.1. The molecule has 0 aliphatic carbocycles. The molecule has 1 N–H and O–H groups in total. The summed E-state index contributed by atoms with van der Waals surface area (Å²) in [5.41, 5.74) is 5.85. The molecule has 1 aliphatic rings. The van der Waals surface area contributed by atoms with E-state index in [0.29, 0.717) is 23.4 Å². The van der Waals surface area contributed by atoms with E-state index in [1.165, 1.54) is 0 Å². The van der Waals surface area contributed by atoms with Gasteiger partial charge in [0.15, 0.2) is 11.4 Å². The minimum atomic E-state index is -1.88. The number of carbonyl (C=O) groups is 2. The summed E-state index contributed by atoms with van der Waals surface area (Å²) in [6, 6.07) is 17.3. The van der Waals surface area contributed by atoms with Crippen LogP contribution in [0.15, 0.2) is 54.6 Å². The van der Waals surface area contributed by atoms with Gasteiger partial charge in [-0.25, -0.2) is 0 Å². The number of hydrogen-bond acceptors (Lipinski definition) is 3. The molecule has 0 radical (unpaired) electrons. The Morgan fingerprint density at radius 2 is 1.50 bits per heavy atom. The number of benzene rings is 3. The van der Waals surface area contributed by atoms with Crippen molar-refractivity contribution in [1.82, 2.24) is 0 Å². The van der Waals surface area contributed by atoms with Gasteiger partial charge < -0.3 is 10.0 Å². The van der Waals surface area contributed by atoms with Gasteiger partial charge in [0, 0.05) is 11.1 Å². The predicted octanol–water partition coefficient (Wildman–Crippen LogP) is 5.24. The van der Waals surface area contributed by atoms with Gasteiger partial charge in [0.1, 0.15) is 0 Å². The number of anilines is 1. The molecule has 0 fully saturated rings. The van der Waals surface area contributed by atoms with Crippen LogP contribution in [0.5, 0.6) is 0 Å². The largest absolute Gasteiger partial charge is 0.375 e. The molecular weight excluding hydrogens is 398 g/mol. The van der Waals surface area contributed by atoms with Gasteiger partial charge in [-0.1, -0.05) is 54.1 Å². The van der Waals surface area contributed by atoms with Crippen molar-refractivity contribution < 1.29 is 14.7 Å². The van der Waals surface area contributed by atoms with E-state index < -0.39 is 11.5 Å². The van der Waals surface area contributed by atoms with Gasteiger partial charge in [0.2, 0.25) is 0 Å². The first-order valence-electron chi connectivity index (χ1n) is 10.9. The monoisotopic (exact) mass is 427 g/mol. The molecule has 4 heteroatoms. The molecule has 32 heavy (non-hydrogen) atoms. The van der Waals surface area contributed by atoms with Crippen LogP contribution in [0.4, 0.5) is 5.69 Å². The zero-order valence-electron chi connectivity index (χ0n) is 19.3. The van der Waals surface area contributed by atoms with Crippen LogP contribution in [-0.4, -0.2) is 16.8 Å². The molecule has 1 aliphatic heterocycles. The molecule has 1 atom stereocenters. The van der Waals surface area contributed by atoms with Gasteiger partial charge >= 0.3 is 0 Å². The van der Waals surface area contributed by atoms with Crippen molar-refractivity contribution in [3.05, 3.63) is 99.1 Å². The Hall–Kier alpha value is -3.24. The highest BCUT2D eigenvalue weighted by Gasteiger charge is 2.51. The summed E-state index contributed by atoms with van der Waals surface area (Å²) in [5.74, 6) is -0.665. The quantitative estimate of drug-likeness (QED) is 0.567. The van der Waals surface area contributed by atoms with Crippen molar-refractivity contribution in [2.75, 3.05) is 4.90 Å². The molecule has 0 bridgehead atoms. The SMILES string of the molecule is Cc1ccc(CN2C(=O)[C@](O)(CC(=O)c3c(C)c(C)cc(C)c3C)c3ccccc32)cc1. The number of hydrogen-bond donors (Lipinski definition) is 1. The summed E-state index contributed by atoms with van der Waals surface area (Å²) in [7, 11) is 0. The van der Waals surface area contributed by atoms with Gasteiger partial charge in [-0.05, 0) is 68.5 Å². The lowest BCUT2D eigenvalue weighted by atomic mass is 9.84. The van der Waals surface area contributed by atoms with Gasteiger partial charge in [-0.2, -0.15) is 0 Å². The van der Waals surface area contributed by atoms with Crippen LogP contribution >= 0.6 is 0 Å². The average molecular weight is 428 g/mol. The lowest BCUT2D eigenvalue weighted by molar-refractivity contribution is -0.136. The topological polar surface area (TPSA) is 57.6 Å². The minimum Gasteiger partial charge on any atom is -0.375 e. The Bertz CT molecular complexity index is 1200. The van der Waals surface area contributed by atoms with E-state index in [2.05, 4.69) is 6.07 Å². The van der Waals surface area contributed by atoms with Gasteiger partial charge in [0.25, 0.3) is 5.91 Å². The molecule has 0 unspecified atom stereocenters. The third-order valence-electron chi connectivity index (χ3n) is 6.76. The summed E-state index contributed by atoms with van der Waals surface area (Å²) in [4.78, 5) is 28.6. The van der Waals surface area contributed by atoms with Crippen LogP contribution in [0, 0.1) is 34.6 Å². The molecule has 164 valence electrons. The molecule has 4 nitrogen and oxygen atoms in total. The predicted molar refractivity (Wildman–Crippen MR) is 127 cm³/mol. The minimum absolute atomic E-state index is 0.213. The highest BCUT2D eigenvalue weighted by Crippen LogP contribution is 2.44. The Balaban J connectivity index is 1.72. The maximum absolute atomic E-state index is 13.5. The lowest BCUT2D eigenvalue weighted by Crippen LogP contribution is -2.41. The van der Waals surface area contributed by atoms with Crippen molar-refractivity contribution in [2.45, 2.75) is 53.2 Å². The number of fused-ring (bicyclic) bond motifs is 1. The fourth-order valence-corrected chi connectivity index (χ4v) is 4.67. The molecular formula is C28H29NO3. The van der Waals surface area contributed by atoms with E-state index in [1.807, 2.05) is 71.0 Å². The first kappa shape index (κ1) is 22.0. The van der Waals surface area contributed by atoms with Crippen LogP contribution < -0.4 is 4.90 Å². The highest BCUT2D eigenvalue weighted by molar-refractivity contribution is 6.11. The summed E-state index contributed by atoms with van der Waals surface area (Å²) >= 11 is 0. The summed E-state index contributed by atoms with van der Waals surface area (Å²) in [6.45, 7) is 10.2. The Morgan fingerprint density at radius 3 is 2.12 bits per heavy atom. The Morgan fingerprint density at radius 1 is 0.906 bits per heavy atom. The lowest BCUT2D eigenvalue weighted by Gasteiger charge is -2.24. The summed E-state index contributed by atoms with van der Waals surface area (Å²) in [5, 5.41) is 11.6. The number of ketones is 1. The standard InChI is InChI=1S/C28H29NO3/c1-17-10-12-22(13-11-17)16-29-24-9-7-6-8-23(24)28(32,27(29)31)15-25(30)26-20(4)18(2)14-19(3)21(26)5/h6-14,32H,15-16H2,1-5H3/t28-/m0/s1. The van der Waals surface area contributed by atoms with Crippen molar-refractivity contribution in [3.63, 3.8) is 0 Å². The second kappa shape index (κ2) is 8.03. The van der Waals surface area contributed by atoms with Crippen LogP contribution in [-0.2, 0) is 16.9 Å². The fraction of sp³-hybridized carbons (Fsp3) is 0.286. The second-order valence-electron chi connectivity index (χ2n) is 8.99. The van der Waals surface area contributed by atoms with E-state index >= 15 is 0 Å². The maximum Gasteiger partial charge on any atom is 0.264 e. The number of rotatable bonds is 5. The number of nitrogens with zero attached hydrogens (tertiary/aromatic N) is 1. The van der Waals surface area contributed by atoms with E-state index in [0.717, 1.165) is 33.4 Å². The number of Topliss-reactive ketones (excluding diaryl/α,β-unsaturated/α-hetero) is 1. The molecule has 1 heterocycles. The van der Waals surface area contributed by atoms with Gasteiger partial charge in [0.05, 0.1) is 18.7 Å². The number of aliphatic hydroxyl groups is 1. The van der Waals surface area contributed by atoms with Crippen LogP contribution in [0.2, 0.25) is 0 Å². The van der Waals surface area contributed by atoms with Crippen LogP contribution in [0.1, 0.15) is 55.7 Å². The van der Waals surface area contributed by atoms with Crippen molar-refractivity contribution >= 4 is 17.4 Å². The molecule has 4 rings (SSSR count). The van der Waals surface area contributed by atoms with Crippen LogP contribution in [0.3, 0.4) is 0 Å². The maximum atomic E-state index is 13.5. The molecule has 0 saturated carbocycles. The van der Waals surface area contributed by atoms with Crippen molar-refractivity contribution in [1.29, 1.82) is 0 Å². The van der Waals surface area contributed by atoms with Gasteiger partial charge in [-0.15, -0.1) is 0 Å². The zero-order valence-corrected chi connectivity index (χ0v) is 19.3. The van der Waals surface area contributed by atoms with Crippen molar-refractivity contribution in [2.24, 2.45) is 0 Å². The molecule has 1 amide bonds. The Labute approximate surface area is 189 Å². The molecule has 0 spiro atoms. The first-order valence-corrected chi connectivity index (χ1v) is 10.9.